The number of halogens is 2. The minimum atomic E-state index is -0.508. The van der Waals surface area contributed by atoms with E-state index in [-0.39, 0.29) is 12.0 Å². The molecule has 2 fully saturated rings. The zero-order chi connectivity index (χ0) is 16.4. The molecular formula is C18H26F2N2O. The Morgan fingerprint density at radius 1 is 1.09 bits per heavy atom. The summed E-state index contributed by atoms with van der Waals surface area (Å²) in [5.74, 6) is -0.914. The summed E-state index contributed by atoms with van der Waals surface area (Å²) in [6.45, 7) is 6.65. The maximum absolute atomic E-state index is 13.3. The van der Waals surface area contributed by atoms with E-state index in [0.29, 0.717) is 6.04 Å². The molecule has 1 heterocycles. The molecule has 0 aromatic heterocycles. The van der Waals surface area contributed by atoms with Crippen molar-refractivity contribution in [3.05, 3.63) is 35.4 Å². The molecule has 128 valence electrons. The summed E-state index contributed by atoms with van der Waals surface area (Å²) >= 11 is 0. The first-order valence-electron chi connectivity index (χ1n) is 8.63. The van der Waals surface area contributed by atoms with E-state index in [9.17, 15) is 13.9 Å². The summed E-state index contributed by atoms with van der Waals surface area (Å²) in [4.78, 5) is 4.76. The molecule has 3 rings (SSSR count). The fraction of sp³-hybridized carbons (Fsp3) is 0.667. The van der Waals surface area contributed by atoms with E-state index in [1.807, 2.05) is 6.92 Å². The van der Waals surface area contributed by atoms with Crippen molar-refractivity contribution in [3.8, 4) is 0 Å². The highest BCUT2D eigenvalue weighted by atomic mass is 19.1. The molecule has 1 aliphatic carbocycles. The Morgan fingerprint density at radius 3 is 2.30 bits per heavy atom. The van der Waals surface area contributed by atoms with Crippen molar-refractivity contribution < 1.29 is 13.9 Å². The minimum absolute atomic E-state index is 0.101. The fourth-order valence-electron chi connectivity index (χ4n) is 3.98. The van der Waals surface area contributed by atoms with Crippen molar-refractivity contribution >= 4 is 0 Å². The average molecular weight is 324 g/mol. The first-order valence-corrected chi connectivity index (χ1v) is 8.63. The Kier molecular flexibility index (Phi) is 5.29. The predicted octanol–water partition coefficient (Wildman–Crippen LogP) is 2.60. The fourth-order valence-corrected chi connectivity index (χ4v) is 3.98. The van der Waals surface area contributed by atoms with E-state index in [0.717, 1.165) is 63.6 Å². The number of rotatable bonds is 4. The number of piperazine rings is 1. The standard InChI is InChI=1S/C18H26F2N2O/c1-13(14-9-15(19)11-16(20)10-14)12-21-5-7-22(8-6-21)17-3-2-4-18(17)23/h9-11,13,17-18,23H,2-8,12H2,1H3. The third kappa shape index (κ3) is 4.08. The van der Waals surface area contributed by atoms with Crippen molar-refractivity contribution in [2.24, 2.45) is 0 Å². The molecule has 1 aromatic carbocycles. The van der Waals surface area contributed by atoms with Crippen LogP contribution in [0.5, 0.6) is 0 Å². The monoisotopic (exact) mass is 324 g/mol. The van der Waals surface area contributed by atoms with Crippen LogP contribution in [0.4, 0.5) is 8.78 Å². The Morgan fingerprint density at radius 2 is 1.74 bits per heavy atom. The summed E-state index contributed by atoms with van der Waals surface area (Å²) in [5, 5.41) is 10.0. The van der Waals surface area contributed by atoms with Crippen LogP contribution in [0.2, 0.25) is 0 Å². The van der Waals surface area contributed by atoms with Gasteiger partial charge in [-0.1, -0.05) is 6.92 Å². The highest BCUT2D eigenvalue weighted by Crippen LogP contribution is 2.26. The third-order valence-electron chi connectivity index (χ3n) is 5.31. The Labute approximate surface area is 136 Å². The molecule has 23 heavy (non-hydrogen) atoms. The van der Waals surface area contributed by atoms with Gasteiger partial charge >= 0.3 is 0 Å². The largest absolute Gasteiger partial charge is 0.391 e. The van der Waals surface area contributed by atoms with Gasteiger partial charge in [0.05, 0.1) is 6.10 Å². The molecule has 1 saturated carbocycles. The second-order valence-corrected chi connectivity index (χ2v) is 7.01. The molecule has 0 radical (unpaired) electrons. The van der Waals surface area contributed by atoms with Crippen LogP contribution in [0, 0.1) is 11.6 Å². The number of aliphatic hydroxyl groups excluding tert-OH is 1. The summed E-state index contributed by atoms with van der Waals surface area (Å²) in [7, 11) is 0. The zero-order valence-corrected chi connectivity index (χ0v) is 13.7. The second-order valence-electron chi connectivity index (χ2n) is 7.01. The third-order valence-corrected chi connectivity index (χ3v) is 5.31. The van der Waals surface area contributed by atoms with Crippen molar-refractivity contribution in [2.45, 2.75) is 44.2 Å². The van der Waals surface area contributed by atoms with E-state index in [2.05, 4.69) is 9.80 Å². The highest BCUT2D eigenvalue weighted by Gasteiger charge is 2.32. The van der Waals surface area contributed by atoms with Crippen LogP contribution >= 0.6 is 0 Å². The highest BCUT2D eigenvalue weighted by molar-refractivity contribution is 5.21. The van der Waals surface area contributed by atoms with E-state index in [4.69, 9.17) is 0 Å². The molecule has 5 heteroatoms. The number of hydrogen-bond acceptors (Lipinski definition) is 3. The molecular weight excluding hydrogens is 298 g/mol. The smallest absolute Gasteiger partial charge is 0.126 e. The number of hydrogen-bond donors (Lipinski definition) is 1. The molecule has 2 aliphatic rings. The maximum atomic E-state index is 13.3. The second kappa shape index (κ2) is 7.24. The van der Waals surface area contributed by atoms with Crippen LogP contribution in [0.1, 0.15) is 37.7 Å². The Hall–Kier alpha value is -1.04. The summed E-state index contributed by atoms with van der Waals surface area (Å²) in [6, 6.07) is 4.10. The van der Waals surface area contributed by atoms with Crippen molar-refractivity contribution in [3.63, 3.8) is 0 Å². The van der Waals surface area contributed by atoms with Crippen LogP contribution in [-0.2, 0) is 0 Å². The van der Waals surface area contributed by atoms with Gasteiger partial charge in [-0.05, 0) is 42.9 Å². The number of nitrogens with zero attached hydrogens (tertiary/aromatic N) is 2. The molecule has 1 aromatic rings. The van der Waals surface area contributed by atoms with E-state index in [1.54, 1.807) is 0 Å². The lowest BCUT2D eigenvalue weighted by Gasteiger charge is -2.39. The van der Waals surface area contributed by atoms with E-state index >= 15 is 0 Å². The van der Waals surface area contributed by atoms with Gasteiger partial charge in [0.2, 0.25) is 0 Å². The SMILES string of the molecule is CC(CN1CCN(C2CCCC2O)CC1)c1cc(F)cc(F)c1. The lowest BCUT2D eigenvalue weighted by Crippen LogP contribution is -2.52. The van der Waals surface area contributed by atoms with Crippen LogP contribution in [-0.4, -0.2) is 59.8 Å². The zero-order valence-electron chi connectivity index (χ0n) is 13.7. The van der Waals surface area contributed by atoms with Crippen LogP contribution in [0.15, 0.2) is 18.2 Å². The van der Waals surface area contributed by atoms with Gasteiger partial charge in [0, 0.05) is 44.8 Å². The van der Waals surface area contributed by atoms with Gasteiger partial charge in [-0.3, -0.25) is 4.90 Å². The lowest BCUT2D eigenvalue weighted by atomic mass is 10.00. The quantitative estimate of drug-likeness (QED) is 0.922. The molecule has 0 spiro atoms. The molecule has 3 nitrogen and oxygen atoms in total. The van der Waals surface area contributed by atoms with Gasteiger partial charge in [-0.15, -0.1) is 0 Å². The first-order chi connectivity index (χ1) is 11.0. The van der Waals surface area contributed by atoms with Crippen molar-refractivity contribution in [1.82, 2.24) is 9.80 Å². The van der Waals surface area contributed by atoms with Gasteiger partial charge in [0.25, 0.3) is 0 Å². The molecule has 0 amide bonds. The molecule has 1 N–H and O–H groups in total. The van der Waals surface area contributed by atoms with Crippen LogP contribution in [0.3, 0.4) is 0 Å². The van der Waals surface area contributed by atoms with Gasteiger partial charge < -0.3 is 10.0 Å². The molecule has 0 bridgehead atoms. The average Bonchev–Trinajstić information content (AvgIpc) is 2.93. The predicted molar refractivity (Wildman–Crippen MR) is 86.4 cm³/mol. The molecule has 3 atom stereocenters. The van der Waals surface area contributed by atoms with Crippen molar-refractivity contribution in [1.29, 1.82) is 0 Å². The Bertz CT molecular complexity index is 512. The van der Waals surface area contributed by atoms with Crippen molar-refractivity contribution in [2.75, 3.05) is 32.7 Å². The summed E-state index contributed by atoms with van der Waals surface area (Å²) < 4.78 is 26.7. The topological polar surface area (TPSA) is 26.7 Å². The van der Waals surface area contributed by atoms with Gasteiger partial charge in [-0.25, -0.2) is 8.78 Å². The summed E-state index contributed by atoms with van der Waals surface area (Å²) in [6.07, 6.45) is 2.97. The van der Waals surface area contributed by atoms with E-state index < -0.39 is 11.6 Å². The van der Waals surface area contributed by atoms with Crippen LogP contribution in [0.25, 0.3) is 0 Å². The van der Waals surface area contributed by atoms with E-state index in [1.165, 1.54) is 12.1 Å². The first kappa shape index (κ1) is 16.8. The molecule has 1 aliphatic heterocycles. The number of benzene rings is 1. The van der Waals surface area contributed by atoms with Crippen LogP contribution < -0.4 is 0 Å². The maximum Gasteiger partial charge on any atom is 0.126 e. The van der Waals surface area contributed by atoms with Gasteiger partial charge in [0.15, 0.2) is 0 Å². The summed E-state index contributed by atoms with van der Waals surface area (Å²) in [5.41, 5.74) is 0.719. The lowest BCUT2D eigenvalue weighted by molar-refractivity contribution is 0.0344. The Balaban J connectivity index is 1.52. The number of aliphatic hydroxyl groups is 1. The normalized spacial score (nSPS) is 28.2. The molecule has 3 unspecified atom stereocenters. The molecule has 1 saturated heterocycles. The van der Waals surface area contributed by atoms with Gasteiger partial charge in [-0.2, -0.15) is 0 Å². The minimum Gasteiger partial charge on any atom is -0.391 e. The van der Waals surface area contributed by atoms with Gasteiger partial charge in [0.1, 0.15) is 11.6 Å².